The van der Waals surface area contributed by atoms with Crippen LogP contribution in [0.2, 0.25) is 0 Å². The van der Waals surface area contributed by atoms with Crippen molar-refractivity contribution < 1.29 is 13.6 Å². The summed E-state index contributed by atoms with van der Waals surface area (Å²) >= 11 is 0. The molecule has 1 aromatic carbocycles. The molecule has 0 aromatic heterocycles. The lowest BCUT2D eigenvalue weighted by Gasteiger charge is -2.39. The van der Waals surface area contributed by atoms with E-state index < -0.39 is 17.0 Å². The van der Waals surface area contributed by atoms with Gasteiger partial charge in [-0.1, -0.05) is 12.5 Å². The van der Waals surface area contributed by atoms with Crippen LogP contribution in [0.1, 0.15) is 24.8 Å². The summed E-state index contributed by atoms with van der Waals surface area (Å²) in [4.78, 5) is 12.0. The zero-order chi connectivity index (χ0) is 12.5. The largest absolute Gasteiger partial charge is 0.329 e. The van der Waals surface area contributed by atoms with Gasteiger partial charge >= 0.3 is 0 Å². The second-order valence-electron chi connectivity index (χ2n) is 4.64. The van der Waals surface area contributed by atoms with E-state index in [1.807, 2.05) is 0 Å². The number of carbonyl (C=O) groups excluding carboxylic acids is 1. The van der Waals surface area contributed by atoms with Gasteiger partial charge in [0, 0.05) is 23.9 Å². The minimum Gasteiger partial charge on any atom is -0.329 e. The number of carbonyl (C=O) groups is 1. The van der Waals surface area contributed by atoms with Gasteiger partial charge in [0.2, 0.25) is 0 Å². The number of halogens is 2. The standard InChI is InChI=1S/C13H15F2NO/c14-10-3-1-4-11(15)9(10)7-12(17)13(8-16)5-2-6-13/h1,3-4H,2,5-8,16H2. The summed E-state index contributed by atoms with van der Waals surface area (Å²) in [6.07, 6.45) is 2.23. The molecular weight excluding hydrogens is 224 g/mol. The number of nitrogens with two attached hydrogens (primary N) is 1. The lowest BCUT2D eigenvalue weighted by atomic mass is 9.65. The first-order chi connectivity index (χ1) is 8.09. The zero-order valence-corrected chi connectivity index (χ0v) is 9.51. The van der Waals surface area contributed by atoms with Crippen LogP contribution in [0.25, 0.3) is 0 Å². The second kappa shape index (κ2) is 4.53. The van der Waals surface area contributed by atoms with Crippen LogP contribution in [0.5, 0.6) is 0 Å². The highest BCUT2D eigenvalue weighted by atomic mass is 19.1. The van der Waals surface area contributed by atoms with Gasteiger partial charge in [0.05, 0.1) is 0 Å². The number of hydrogen-bond donors (Lipinski definition) is 1. The Morgan fingerprint density at radius 1 is 1.29 bits per heavy atom. The molecule has 0 saturated heterocycles. The Morgan fingerprint density at radius 3 is 2.29 bits per heavy atom. The Labute approximate surface area is 98.8 Å². The van der Waals surface area contributed by atoms with Gasteiger partial charge in [-0.15, -0.1) is 0 Å². The van der Waals surface area contributed by atoms with Gasteiger partial charge in [-0.3, -0.25) is 4.79 Å². The number of hydrogen-bond acceptors (Lipinski definition) is 2. The van der Waals surface area contributed by atoms with Crippen molar-refractivity contribution in [1.82, 2.24) is 0 Å². The first kappa shape index (κ1) is 12.2. The Kier molecular flexibility index (Phi) is 3.24. The lowest BCUT2D eigenvalue weighted by molar-refractivity contribution is -0.132. The van der Waals surface area contributed by atoms with Crippen LogP contribution in [-0.4, -0.2) is 12.3 Å². The van der Waals surface area contributed by atoms with E-state index in [2.05, 4.69) is 0 Å². The molecule has 2 rings (SSSR count). The molecule has 0 spiro atoms. The van der Waals surface area contributed by atoms with Gasteiger partial charge in [-0.25, -0.2) is 8.78 Å². The number of benzene rings is 1. The highest BCUT2D eigenvalue weighted by Gasteiger charge is 2.42. The van der Waals surface area contributed by atoms with Crippen LogP contribution in [-0.2, 0) is 11.2 Å². The molecule has 17 heavy (non-hydrogen) atoms. The molecule has 1 saturated carbocycles. The van der Waals surface area contributed by atoms with E-state index in [1.165, 1.54) is 18.2 Å². The molecule has 2 nitrogen and oxygen atoms in total. The minimum absolute atomic E-state index is 0.141. The van der Waals surface area contributed by atoms with Crippen LogP contribution >= 0.6 is 0 Å². The molecule has 1 aliphatic rings. The van der Waals surface area contributed by atoms with Gasteiger partial charge < -0.3 is 5.73 Å². The number of Topliss-reactive ketones (excluding diaryl/α,β-unsaturated/α-hetero) is 1. The van der Waals surface area contributed by atoms with Crippen LogP contribution in [0.15, 0.2) is 18.2 Å². The number of rotatable bonds is 4. The van der Waals surface area contributed by atoms with Crippen molar-refractivity contribution in [3.8, 4) is 0 Å². The first-order valence-electron chi connectivity index (χ1n) is 5.75. The first-order valence-corrected chi connectivity index (χ1v) is 5.75. The van der Waals surface area contributed by atoms with E-state index >= 15 is 0 Å². The van der Waals surface area contributed by atoms with E-state index in [0.29, 0.717) is 0 Å². The topological polar surface area (TPSA) is 43.1 Å². The summed E-state index contributed by atoms with van der Waals surface area (Å²) in [6, 6.07) is 3.63. The molecule has 0 heterocycles. The van der Waals surface area contributed by atoms with E-state index in [0.717, 1.165) is 19.3 Å². The monoisotopic (exact) mass is 239 g/mol. The predicted molar refractivity (Wildman–Crippen MR) is 60.4 cm³/mol. The second-order valence-corrected chi connectivity index (χ2v) is 4.64. The maximum absolute atomic E-state index is 13.4. The van der Waals surface area contributed by atoms with Crippen molar-refractivity contribution in [3.05, 3.63) is 35.4 Å². The Balaban J connectivity index is 2.18. The van der Waals surface area contributed by atoms with Crippen LogP contribution in [0, 0.1) is 17.0 Å². The minimum atomic E-state index is -0.662. The summed E-state index contributed by atoms with van der Waals surface area (Å²) in [7, 11) is 0. The third-order valence-electron chi connectivity index (χ3n) is 3.69. The fourth-order valence-corrected chi connectivity index (χ4v) is 2.25. The molecule has 0 atom stereocenters. The SMILES string of the molecule is NCC1(C(=O)Cc2c(F)cccc2F)CCC1. The highest BCUT2D eigenvalue weighted by molar-refractivity contribution is 5.88. The predicted octanol–water partition coefficient (Wildman–Crippen LogP) is 2.21. The van der Waals surface area contributed by atoms with Crippen molar-refractivity contribution in [2.24, 2.45) is 11.1 Å². The van der Waals surface area contributed by atoms with Gasteiger partial charge in [0.25, 0.3) is 0 Å². The van der Waals surface area contributed by atoms with Gasteiger partial charge in [-0.2, -0.15) is 0 Å². The van der Waals surface area contributed by atoms with E-state index in [-0.39, 0.29) is 24.3 Å². The molecular formula is C13H15F2NO. The van der Waals surface area contributed by atoms with Crippen LogP contribution < -0.4 is 5.73 Å². The molecule has 2 N–H and O–H groups in total. The fourth-order valence-electron chi connectivity index (χ4n) is 2.25. The Morgan fingerprint density at radius 2 is 1.88 bits per heavy atom. The summed E-state index contributed by atoms with van der Waals surface area (Å²) in [5.74, 6) is -1.47. The van der Waals surface area contributed by atoms with Crippen molar-refractivity contribution in [1.29, 1.82) is 0 Å². The number of ketones is 1. The third kappa shape index (κ3) is 2.09. The summed E-state index contributed by atoms with van der Waals surface area (Å²) in [5.41, 5.74) is 4.92. The van der Waals surface area contributed by atoms with Crippen molar-refractivity contribution in [3.63, 3.8) is 0 Å². The molecule has 1 aliphatic carbocycles. The fraction of sp³-hybridized carbons (Fsp3) is 0.462. The lowest BCUT2D eigenvalue weighted by Crippen LogP contribution is -2.45. The Bertz CT molecular complexity index is 415. The van der Waals surface area contributed by atoms with E-state index in [1.54, 1.807) is 0 Å². The van der Waals surface area contributed by atoms with Gasteiger partial charge in [-0.05, 0) is 25.0 Å². The van der Waals surface area contributed by atoms with Gasteiger partial charge in [0.1, 0.15) is 17.4 Å². The molecule has 0 radical (unpaired) electrons. The van der Waals surface area contributed by atoms with Crippen molar-refractivity contribution in [2.75, 3.05) is 6.54 Å². The van der Waals surface area contributed by atoms with Crippen molar-refractivity contribution in [2.45, 2.75) is 25.7 Å². The molecule has 1 aromatic rings. The summed E-state index contributed by atoms with van der Waals surface area (Å²) < 4.78 is 26.8. The molecule has 4 heteroatoms. The van der Waals surface area contributed by atoms with Crippen molar-refractivity contribution >= 4 is 5.78 Å². The smallest absolute Gasteiger partial charge is 0.144 e. The summed E-state index contributed by atoms with van der Waals surface area (Å²) in [5, 5.41) is 0. The average Bonchev–Trinajstić information content (AvgIpc) is 2.23. The third-order valence-corrected chi connectivity index (χ3v) is 3.69. The quantitative estimate of drug-likeness (QED) is 0.875. The molecule has 92 valence electrons. The Hall–Kier alpha value is -1.29. The normalized spacial score (nSPS) is 17.6. The van der Waals surface area contributed by atoms with E-state index in [9.17, 15) is 13.6 Å². The summed E-state index contributed by atoms with van der Waals surface area (Å²) in [6.45, 7) is 0.266. The molecule has 0 bridgehead atoms. The maximum atomic E-state index is 13.4. The van der Waals surface area contributed by atoms with Crippen LogP contribution in [0.3, 0.4) is 0 Å². The van der Waals surface area contributed by atoms with Gasteiger partial charge in [0.15, 0.2) is 0 Å². The molecule has 0 aliphatic heterocycles. The highest BCUT2D eigenvalue weighted by Crippen LogP contribution is 2.41. The molecule has 0 unspecified atom stereocenters. The molecule has 1 fully saturated rings. The average molecular weight is 239 g/mol. The van der Waals surface area contributed by atoms with Crippen LogP contribution in [0.4, 0.5) is 8.78 Å². The van der Waals surface area contributed by atoms with E-state index in [4.69, 9.17) is 5.73 Å². The molecule has 0 amide bonds. The maximum Gasteiger partial charge on any atom is 0.144 e. The zero-order valence-electron chi connectivity index (χ0n) is 9.51.